The molecule has 0 aliphatic carbocycles. The van der Waals surface area contributed by atoms with Gasteiger partial charge in [-0.25, -0.2) is 4.98 Å². The van der Waals surface area contributed by atoms with Crippen molar-refractivity contribution in [2.75, 3.05) is 5.32 Å². The van der Waals surface area contributed by atoms with Crippen molar-refractivity contribution in [3.8, 4) is 0 Å². The Balaban J connectivity index is 1.98. The van der Waals surface area contributed by atoms with Crippen molar-refractivity contribution in [2.45, 2.75) is 0 Å². The van der Waals surface area contributed by atoms with Crippen LogP contribution in [0.25, 0.3) is 10.9 Å². The van der Waals surface area contributed by atoms with E-state index < -0.39 is 5.91 Å². The van der Waals surface area contributed by atoms with E-state index in [2.05, 4.69) is 25.1 Å². The summed E-state index contributed by atoms with van der Waals surface area (Å²) < 4.78 is 3.56. The molecule has 2 heterocycles. The van der Waals surface area contributed by atoms with E-state index >= 15 is 0 Å². The largest absolute Gasteiger partial charge is 0.294 e. The van der Waals surface area contributed by atoms with Crippen molar-refractivity contribution < 1.29 is 4.79 Å². The summed E-state index contributed by atoms with van der Waals surface area (Å²) in [4.78, 5) is 16.2. The number of halogens is 1. The van der Waals surface area contributed by atoms with Crippen molar-refractivity contribution in [3.05, 3.63) is 41.0 Å². The van der Waals surface area contributed by atoms with Gasteiger partial charge in [-0.2, -0.15) is 0 Å². The minimum atomic E-state index is -0.397. The number of fused-ring (bicyclic) bond motifs is 1. The van der Waals surface area contributed by atoms with Crippen molar-refractivity contribution in [2.24, 2.45) is 0 Å². The first-order valence-electron chi connectivity index (χ1n) is 5.26. The summed E-state index contributed by atoms with van der Waals surface area (Å²) in [5.74, 6) is -0.397. The van der Waals surface area contributed by atoms with Gasteiger partial charge in [-0.15, -0.1) is 0 Å². The highest BCUT2D eigenvalue weighted by Crippen LogP contribution is 2.23. The van der Waals surface area contributed by atoms with Crippen LogP contribution in [0.15, 0.2) is 30.3 Å². The van der Waals surface area contributed by atoms with Gasteiger partial charge in [0.1, 0.15) is 5.69 Å². The molecule has 2 aromatic heterocycles. The van der Waals surface area contributed by atoms with Gasteiger partial charge in [0.15, 0.2) is 0 Å². The topological polar surface area (TPSA) is 80.7 Å². The second-order valence-electron chi connectivity index (χ2n) is 3.63. The summed E-state index contributed by atoms with van der Waals surface area (Å²) >= 11 is 7.12. The molecule has 0 unspecified atom stereocenters. The third-order valence-corrected chi connectivity index (χ3v) is 3.24. The smallest absolute Gasteiger partial charge is 0.276 e. The number of hydrogen-bond donors (Lipinski definition) is 1. The highest BCUT2D eigenvalue weighted by Gasteiger charge is 2.12. The number of nitrogens with one attached hydrogen (secondary N) is 1. The van der Waals surface area contributed by atoms with Gasteiger partial charge in [0.2, 0.25) is 5.13 Å². The van der Waals surface area contributed by atoms with Crippen LogP contribution in [0.5, 0.6) is 0 Å². The zero-order chi connectivity index (χ0) is 13.2. The second-order valence-corrected chi connectivity index (χ2v) is 4.77. The monoisotopic (exact) mass is 291 g/mol. The molecule has 0 bridgehead atoms. The predicted octanol–water partition coefficient (Wildman–Crippen LogP) is 2.39. The molecule has 19 heavy (non-hydrogen) atoms. The van der Waals surface area contributed by atoms with Gasteiger partial charge in [0.05, 0.1) is 10.5 Å². The Morgan fingerprint density at radius 1 is 1.32 bits per heavy atom. The van der Waals surface area contributed by atoms with Crippen LogP contribution in [0.3, 0.4) is 0 Å². The number of benzene rings is 1. The standard InChI is InChI=1S/C11H6ClN5OS/c12-7-5-9(10(18)14-11-15-16-17-19-11)13-8-4-2-1-3-6(7)8/h1-5H,(H,14,15,17,18). The van der Waals surface area contributed by atoms with Crippen LogP contribution in [-0.4, -0.2) is 25.7 Å². The molecular formula is C11H6ClN5OS. The maximum absolute atomic E-state index is 12.0. The molecule has 94 valence electrons. The highest BCUT2D eigenvalue weighted by molar-refractivity contribution is 7.09. The van der Waals surface area contributed by atoms with Gasteiger partial charge in [-0.1, -0.05) is 39.4 Å². The lowest BCUT2D eigenvalue weighted by molar-refractivity contribution is 0.102. The van der Waals surface area contributed by atoms with Crippen molar-refractivity contribution in [1.29, 1.82) is 0 Å². The average Bonchev–Trinajstić information content (AvgIpc) is 2.91. The van der Waals surface area contributed by atoms with Crippen LogP contribution in [-0.2, 0) is 0 Å². The summed E-state index contributed by atoms with van der Waals surface area (Å²) in [7, 11) is 0. The molecule has 1 aromatic carbocycles. The molecule has 0 saturated heterocycles. The Kier molecular flexibility index (Phi) is 3.06. The third-order valence-electron chi connectivity index (χ3n) is 2.42. The van der Waals surface area contributed by atoms with Crippen LogP contribution in [0.1, 0.15) is 10.5 Å². The number of rotatable bonds is 2. The Hall–Kier alpha value is -2.12. The fourth-order valence-corrected chi connectivity index (χ4v) is 2.22. The summed E-state index contributed by atoms with van der Waals surface area (Å²) in [5.41, 5.74) is 0.884. The van der Waals surface area contributed by atoms with Gasteiger partial charge in [-0.05, 0) is 17.3 Å². The van der Waals surface area contributed by atoms with Gasteiger partial charge in [0, 0.05) is 16.9 Å². The minimum Gasteiger partial charge on any atom is -0.294 e. The fraction of sp³-hybridized carbons (Fsp3) is 0. The molecule has 0 aliphatic rings. The molecule has 6 nitrogen and oxygen atoms in total. The van der Waals surface area contributed by atoms with E-state index in [0.717, 1.165) is 16.9 Å². The zero-order valence-corrected chi connectivity index (χ0v) is 10.9. The normalized spacial score (nSPS) is 10.6. The minimum absolute atomic E-state index is 0.221. The van der Waals surface area contributed by atoms with Crippen molar-refractivity contribution in [3.63, 3.8) is 0 Å². The summed E-state index contributed by atoms with van der Waals surface area (Å²) in [6.45, 7) is 0. The SMILES string of the molecule is O=C(Nc1nnns1)c1cc(Cl)c2ccccc2n1. The van der Waals surface area contributed by atoms with E-state index in [9.17, 15) is 4.79 Å². The molecule has 3 rings (SSSR count). The predicted molar refractivity (Wildman–Crippen MR) is 72.4 cm³/mol. The Bertz CT molecular complexity index is 746. The zero-order valence-electron chi connectivity index (χ0n) is 9.37. The molecule has 0 atom stereocenters. The number of para-hydroxylation sites is 1. The van der Waals surface area contributed by atoms with E-state index in [0.29, 0.717) is 15.7 Å². The van der Waals surface area contributed by atoms with Crippen LogP contribution in [0.4, 0.5) is 5.13 Å². The van der Waals surface area contributed by atoms with Crippen LogP contribution < -0.4 is 5.32 Å². The van der Waals surface area contributed by atoms with E-state index in [1.165, 1.54) is 6.07 Å². The van der Waals surface area contributed by atoms with Crippen LogP contribution in [0, 0.1) is 0 Å². The number of hydrogen-bond acceptors (Lipinski definition) is 6. The lowest BCUT2D eigenvalue weighted by Gasteiger charge is -2.04. The number of anilines is 1. The Morgan fingerprint density at radius 3 is 2.95 bits per heavy atom. The van der Waals surface area contributed by atoms with E-state index in [-0.39, 0.29) is 5.69 Å². The number of carbonyl (C=O) groups is 1. The number of carbonyl (C=O) groups excluding carboxylic acids is 1. The molecule has 1 amide bonds. The number of pyridine rings is 1. The lowest BCUT2D eigenvalue weighted by Crippen LogP contribution is -2.13. The van der Waals surface area contributed by atoms with E-state index in [4.69, 9.17) is 11.6 Å². The van der Waals surface area contributed by atoms with Crippen LogP contribution in [0.2, 0.25) is 5.02 Å². The molecule has 0 spiro atoms. The average molecular weight is 292 g/mol. The maximum atomic E-state index is 12.0. The van der Waals surface area contributed by atoms with Crippen LogP contribution >= 0.6 is 23.1 Å². The first-order chi connectivity index (χ1) is 9.24. The van der Waals surface area contributed by atoms with Crippen molar-refractivity contribution >= 4 is 45.1 Å². The second kappa shape index (κ2) is 4.87. The summed E-state index contributed by atoms with van der Waals surface area (Å²) in [6.07, 6.45) is 0. The highest BCUT2D eigenvalue weighted by atomic mass is 35.5. The van der Waals surface area contributed by atoms with Gasteiger partial charge < -0.3 is 0 Å². The number of amides is 1. The molecule has 8 heteroatoms. The quantitative estimate of drug-likeness (QED) is 0.784. The first-order valence-corrected chi connectivity index (χ1v) is 6.41. The van der Waals surface area contributed by atoms with Crippen molar-refractivity contribution in [1.82, 2.24) is 19.8 Å². The maximum Gasteiger partial charge on any atom is 0.276 e. The molecule has 0 saturated carbocycles. The molecule has 0 radical (unpaired) electrons. The van der Waals surface area contributed by atoms with E-state index in [1.54, 1.807) is 6.07 Å². The van der Waals surface area contributed by atoms with Gasteiger partial charge in [-0.3, -0.25) is 10.1 Å². The first kappa shape index (κ1) is 11.9. The molecule has 1 N–H and O–H groups in total. The van der Waals surface area contributed by atoms with E-state index in [1.807, 2.05) is 18.2 Å². The Labute approximate surface area is 116 Å². The fourth-order valence-electron chi connectivity index (χ4n) is 1.59. The van der Waals surface area contributed by atoms with Gasteiger partial charge >= 0.3 is 0 Å². The lowest BCUT2D eigenvalue weighted by atomic mass is 10.2. The third kappa shape index (κ3) is 2.38. The summed E-state index contributed by atoms with van der Waals surface area (Å²) in [6, 6.07) is 8.86. The Morgan fingerprint density at radius 2 is 2.16 bits per heavy atom. The molecule has 0 fully saturated rings. The molecule has 0 aliphatic heterocycles. The number of nitrogens with zero attached hydrogens (tertiary/aromatic N) is 4. The summed E-state index contributed by atoms with van der Waals surface area (Å²) in [5, 5.41) is 11.2. The molecule has 3 aromatic rings. The molecular weight excluding hydrogens is 286 g/mol. The number of aromatic nitrogens is 4. The van der Waals surface area contributed by atoms with Gasteiger partial charge in [0.25, 0.3) is 5.91 Å².